The first kappa shape index (κ1) is 10.5. The van der Waals surface area contributed by atoms with E-state index in [4.69, 9.17) is 17.3 Å². The van der Waals surface area contributed by atoms with E-state index in [1.807, 2.05) is 0 Å². The molecule has 1 rings (SSSR count). The number of carbonyl (C=O) groups is 2. The molecule has 14 heavy (non-hydrogen) atoms. The van der Waals surface area contributed by atoms with Crippen LogP contribution in [0.15, 0.2) is 12.1 Å². The number of methoxy groups -OCH3 is 1. The Bertz CT molecular complexity index is 392. The van der Waals surface area contributed by atoms with E-state index >= 15 is 0 Å². The maximum Gasteiger partial charge on any atom is 0.341 e. The lowest BCUT2D eigenvalue weighted by Gasteiger charge is -2.01. The van der Waals surface area contributed by atoms with Gasteiger partial charge in [-0.1, -0.05) is 11.6 Å². The number of rotatable bonds is 2. The molecule has 5 nitrogen and oxygen atoms in total. The van der Waals surface area contributed by atoms with Gasteiger partial charge in [0.25, 0.3) is 5.91 Å². The molecule has 0 atom stereocenters. The van der Waals surface area contributed by atoms with E-state index in [0.29, 0.717) is 0 Å². The van der Waals surface area contributed by atoms with Crippen LogP contribution >= 0.6 is 11.6 Å². The zero-order valence-electron chi connectivity index (χ0n) is 7.28. The third-order valence-corrected chi connectivity index (χ3v) is 1.79. The number of esters is 1. The fraction of sp³-hybridized carbons (Fsp3) is 0.125. The predicted molar refractivity (Wildman–Crippen MR) is 49.1 cm³/mol. The molecule has 0 spiro atoms. The van der Waals surface area contributed by atoms with Crippen molar-refractivity contribution in [2.45, 2.75) is 0 Å². The Morgan fingerprint density at radius 3 is 2.57 bits per heavy atom. The lowest BCUT2D eigenvalue weighted by atomic mass is 10.2. The average Bonchev–Trinajstić information content (AvgIpc) is 2.16. The monoisotopic (exact) mass is 214 g/mol. The molecule has 0 unspecified atom stereocenters. The molecule has 1 aromatic rings. The van der Waals surface area contributed by atoms with Crippen molar-refractivity contribution in [2.75, 3.05) is 7.11 Å². The molecule has 0 radical (unpaired) electrons. The molecular formula is C8H7ClN2O3. The molecule has 2 N–H and O–H groups in total. The van der Waals surface area contributed by atoms with Crippen LogP contribution in [0.25, 0.3) is 0 Å². The van der Waals surface area contributed by atoms with Crippen molar-refractivity contribution in [1.29, 1.82) is 0 Å². The maximum absolute atomic E-state index is 11.1. The lowest BCUT2D eigenvalue weighted by molar-refractivity contribution is 0.0600. The van der Waals surface area contributed by atoms with Gasteiger partial charge in [-0.05, 0) is 12.1 Å². The van der Waals surface area contributed by atoms with Gasteiger partial charge in [-0.25, -0.2) is 9.78 Å². The van der Waals surface area contributed by atoms with Crippen LogP contribution in [0.1, 0.15) is 20.8 Å². The fourth-order valence-corrected chi connectivity index (χ4v) is 1.06. The van der Waals surface area contributed by atoms with Crippen LogP contribution in [0, 0.1) is 0 Å². The number of pyridine rings is 1. The molecular weight excluding hydrogens is 208 g/mol. The van der Waals surface area contributed by atoms with E-state index in [2.05, 4.69) is 9.72 Å². The summed E-state index contributed by atoms with van der Waals surface area (Å²) in [7, 11) is 1.22. The van der Waals surface area contributed by atoms with Crippen molar-refractivity contribution in [3.63, 3.8) is 0 Å². The van der Waals surface area contributed by atoms with E-state index in [9.17, 15) is 9.59 Å². The molecule has 0 fully saturated rings. The molecule has 0 saturated heterocycles. The van der Waals surface area contributed by atoms with Gasteiger partial charge in [0.1, 0.15) is 10.8 Å². The van der Waals surface area contributed by atoms with Crippen molar-refractivity contribution in [1.82, 2.24) is 4.98 Å². The summed E-state index contributed by atoms with van der Waals surface area (Å²) in [6.45, 7) is 0. The molecule has 0 saturated carbocycles. The second-order valence-corrected chi connectivity index (χ2v) is 2.75. The van der Waals surface area contributed by atoms with Gasteiger partial charge in [-0.15, -0.1) is 0 Å². The highest BCUT2D eigenvalue weighted by Gasteiger charge is 2.13. The summed E-state index contributed by atoms with van der Waals surface area (Å²) >= 11 is 5.63. The van der Waals surface area contributed by atoms with Gasteiger partial charge >= 0.3 is 5.97 Å². The number of carbonyl (C=O) groups excluding carboxylic acids is 2. The van der Waals surface area contributed by atoms with Crippen molar-refractivity contribution < 1.29 is 14.3 Å². The van der Waals surface area contributed by atoms with Crippen LogP contribution < -0.4 is 5.73 Å². The van der Waals surface area contributed by atoms with Gasteiger partial charge in [0, 0.05) is 0 Å². The van der Waals surface area contributed by atoms with Crippen molar-refractivity contribution in [3.05, 3.63) is 28.5 Å². The average molecular weight is 215 g/mol. The Labute approximate surface area is 84.8 Å². The first-order chi connectivity index (χ1) is 6.56. The highest BCUT2D eigenvalue weighted by Crippen LogP contribution is 2.14. The zero-order valence-corrected chi connectivity index (χ0v) is 8.04. The molecule has 0 aliphatic carbocycles. The molecule has 1 heterocycles. The normalized spacial score (nSPS) is 9.57. The van der Waals surface area contributed by atoms with Crippen LogP contribution in [0.2, 0.25) is 5.15 Å². The van der Waals surface area contributed by atoms with Crippen LogP contribution in [0.5, 0.6) is 0 Å². The second-order valence-electron chi connectivity index (χ2n) is 2.39. The van der Waals surface area contributed by atoms with Crippen molar-refractivity contribution in [3.8, 4) is 0 Å². The number of primary amides is 1. The summed E-state index contributed by atoms with van der Waals surface area (Å²) in [6.07, 6.45) is 0. The molecule has 74 valence electrons. The number of aromatic nitrogens is 1. The molecule has 0 aliphatic heterocycles. The lowest BCUT2D eigenvalue weighted by Crippen LogP contribution is -2.14. The van der Waals surface area contributed by atoms with E-state index in [0.717, 1.165) is 0 Å². The third-order valence-electron chi connectivity index (χ3n) is 1.51. The smallest absolute Gasteiger partial charge is 0.341 e. The Balaban J connectivity index is 3.14. The Morgan fingerprint density at radius 2 is 2.14 bits per heavy atom. The Kier molecular flexibility index (Phi) is 3.03. The highest BCUT2D eigenvalue weighted by molar-refractivity contribution is 6.32. The zero-order chi connectivity index (χ0) is 10.7. The van der Waals surface area contributed by atoms with Crippen LogP contribution in [0.4, 0.5) is 0 Å². The summed E-state index contributed by atoms with van der Waals surface area (Å²) in [6, 6.07) is 2.64. The van der Waals surface area contributed by atoms with Gasteiger partial charge < -0.3 is 10.5 Å². The number of nitrogens with two attached hydrogens (primary N) is 1. The predicted octanol–water partition coefficient (Wildman–Crippen LogP) is 0.620. The number of ether oxygens (including phenoxy) is 1. The minimum absolute atomic E-state index is 0.00246. The molecule has 1 amide bonds. The van der Waals surface area contributed by atoms with Gasteiger partial charge in [-0.2, -0.15) is 0 Å². The topological polar surface area (TPSA) is 82.3 Å². The van der Waals surface area contributed by atoms with Gasteiger partial charge in [0.2, 0.25) is 0 Å². The largest absolute Gasteiger partial charge is 0.465 e. The fourth-order valence-electron chi connectivity index (χ4n) is 0.834. The summed E-state index contributed by atoms with van der Waals surface area (Å²) in [5, 5.41) is -0.104. The molecule has 0 aliphatic rings. The number of amides is 1. The molecule has 1 aromatic heterocycles. The first-order valence-corrected chi connectivity index (χ1v) is 3.98. The third kappa shape index (κ3) is 2.00. The Hall–Kier alpha value is -1.62. The summed E-state index contributed by atoms with van der Waals surface area (Å²) in [5.41, 5.74) is 5.06. The van der Waals surface area contributed by atoms with E-state index < -0.39 is 11.9 Å². The SMILES string of the molecule is COC(=O)c1ccc(C(N)=O)nc1Cl. The van der Waals surface area contributed by atoms with E-state index in [1.165, 1.54) is 19.2 Å². The van der Waals surface area contributed by atoms with Crippen LogP contribution in [-0.2, 0) is 4.74 Å². The van der Waals surface area contributed by atoms with Crippen LogP contribution in [-0.4, -0.2) is 24.0 Å². The molecule has 0 bridgehead atoms. The van der Waals surface area contributed by atoms with E-state index in [1.54, 1.807) is 0 Å². The van der Waals surface area contributed by atoms with Gasteiger partial charge in [0.05, 0.1) is 12.7 Å². The number of hydrogen-bond donors (Lipinski definition) is 1. The van der Waals surface area contributed by atoms with Gasteiger partial charge in [0.15, 0.2) is 0 Å². The quantitative estimate of drug-likeness (QED) is 0.578. The summed E-state index contributed by atoms with van der Waals surface area (Å²) in [5.74, 6) is -1.32. The van der Waals surface area contributed by atoms with E-state index in [-0.39, 0.29) is 16.4 Å². The molecule has 6 heteroatoms. The highest BCUT2D eigenvalue weighted by atomic mass is 35.5. The van der Waals surface area contributed by atoms with Crippen molar-refractivity contribution >= 4 is 23.5 Å². The molecule has 0 aromatic carbocycles. The maximum atomic E-state index is 11.1. The number of hydrogen-bond acceptors (Lipinski definition) is 4. The number of nitrogens with zero attached hydrogens (tertiary/aromatic N) is 1. The summed E-state index contributed by atoms with van der Waals surface area (Å²) in [4.78, 5) is 25.4. The minimum atomic E-state index is -0.705. The van der Waals surface area contributed by atoms with Crippen LogP contribution in [0.3, 0.4) is 0 Å². The first-order valence-electron chi connectivity index (χ1n) is 3.61. The second kappa shape index (κ2) is 4.06. The van der Waals surface area contributed by atoms with Gasteiger partial charge in [-0.3, -0.25) is 4.79 Å². The standard InChI is InChI=1S/C8H7ClN2O3/c1-14-8(13)4-2-3-5(7(10)12)11-6(4)9/h2-3H,1H3,(H2,10,12). The minimum Gasteiger partial charge on any atom is -0.465 e. The Morgan fingerprint density at radius 1 is 1.50 bits per heavy atom. The van der Waals surface area contributed by atoms with Crippen molar-refractivity contribution in [2.24, 2.45) is 5.73 Å². The number of halogens is 1. The summed E-state index contributed by atoms with van der Waals surface area (Å²) < 4.78 is 4.44.